The zero-order chi connectivity index (χ0) is 19.1. The van der Waals surface area contributed by atoms with Crippen molar-refractivity contribution in [3.63, 3.8) is 0 Å². The quantitative estimate of drug-likeness (QED) is 0.829. The van der Waals surface area contributed by atoms with E-state index in [2.05, 4.69) is 10.1 Å². The maximum Gasteiger partial charge on any atom is 0.339 e. The van der Waals surface area contributed by atoms with E-state index in [1.807, 2.05) is 6.07 Å². The largest absolute Gasteiger partial charge is 0.465 e. The molecule has 26 heavy (non-hydrogen) atoms. The van der Waals surface area contributed by atoms with Crippen molar-refractivity contribution in [2.45, 2.75) is 13.0 Å². The molecule has 0 aromatic heterocycles. The highest BCUT2D eigenvalue weighted by Crippen LogP contribution is 2.16. The Hall–Kier alpha value is -3.66. The van der Waals surface area contributed by atoms with E-state index in [-0.39, 0.29) is 16.7 Å². The molecule has 0 bridgehead atoms. The molecule has 1 N–H and O–H groups in total. The van der Waals surface area contributed by atoms with E-state index in [4.69, 9.17) is 10.00 Å². The zero-order valence-electron chi connectivity index (χ0n) is 14.2. The van der Waals surface area contributed by atoms with Crippen LogP contribution >= 0.6 is 0 Å². The topological polar surface area (TPSA) is 105 Å². The summed E-state index contributed by atoms with van der Waals surface area (Å²) in [4.78, 5) is 36.3. The van der Waals surface area contributed by atoms with Gasteiger partial charge in [-0.2, -0.15) is 5.26 Å². The van der Waals surface area contributed by atoms with Gasteiger partial charge in [-0.25, -0.2) is 9.59 Å². The molecule has 0 radical (unpaired) electrons. The van der Waals surface area contributed by atoms with Crippen LogP contribution in [0.15, 0.2) is 48.5 Å². The van der Waals surface area contributed by atoms with Crippen molar-refractivity contribution in [1.82, 2.24) is 0 Å². The Morgan fingerprint density at radius 3 is 2.19 bits per heavy atom. The Morgan fingerprint density at radius 2 is 1.58 bits per heavy atom. The number of benzene rings is 2. The predicted octanol–water partition coefficient (Wildman–Crippen LogP) is 2.53. The lowest BCUT2D eigenvalue weighted by molar-refractivity contribution is -0.123. The predicted molar refractivity (Wildman–Crippen MR) is 92.4 cm³/mol. The molecule has 7 heteroatoms. The molecule has 0 spiro atoms. The van der Waals surface area contributed by atoms with Gasteiger partial charge in [0.1, 0.15) is 6.07 Å². The molecule has 1 atom stereocenters. The van der Waals surface area contributed by atoms with Crippen LogP contribution in [0.3, 0.4) is 0 Å². The van der Waals surface area contributed by atoms with Crippen LogP contribution in [0.1, 0.15) is 33.2 Å². The van der Waals surface area contributed by atoms with Crippen LogP contribution in [0, 0.1) is 11.3 Å². The maximum absolute atomic E-state index is 12.3. The van der Waals surface area contributed by atoms with Crippen LogP contribution in [0.4, 0.5) is 5.69 Å². The summed E-state index contributed by atoms with van der Waals surface area (Å²) in [6, 6.07) is 14.4. The highest BCUT2D eigenvalue weighted by atomic mass is 16.5. The third-order valence-electron chi connectivity index (χ3n) is 3.51. The lowest BCUT2D eigenvalue weighted by Gasteiger charge is -2.15. The fraction of sp³-hybridized carbons (Fsp3) is 0.158. The number of rotatable bonds is 5. The number of carbonyl (C=O) groups excluding carboxylic acids is 3. The summed E-state index contributed by atoms with van der Waals surface area (Å²) < 4.78 is 9.77. The van der Waals surface area contributed by atoms with Gasteiger partial charge in [-0.15, -0.1) is 0 Å². The first-order chi connectivity index (χ1) is 12.5. The van der Waals surface area contributed by atoms with Crippen molar-refractivity contribution in [3.05, 3.63) is 65.2 Å². The first-order valence-electron chi connectivity index (χ1n) is 7.66. The summed E-state index contributed by atoms with van der Waals surface area (Å²) in [6.07, 6.45) is -1.14. The Labute approximate surface area is 150 Å². The van der Waals surface area contributed by atoms with Gasteiger partial charge >= 0.3 is 11.9 Å². The lowest BCUT2D eigenvalue weighted by atomic mass is 10.1. The van der Waals surface area contributed by atoms with Gasteiger partial charge in [-0.1, -0.05) is 24.3 Å². The number of anilines is 1. The first kappa shape index (κ1) is 18.7. The SMILES string of the molecule is COC(=O)c1ccccc1C(=O)OC(C)C(=O)Nc1ccccc1C#N. The number of methoxy groups -OCH3 is 1. The normalized spacial score (nSPS) is 11.0. The maximum atomic E-state index is 12.3. The number of hydrogen-bond acceptors (Lipinski definition) is 6. The van der Waals surface area contributed by atoms with E-state index in [0.29, 0.717) is 5.69 Å². The summed E-state index contributed by atoms with van der Waals surface area (Å²) in [5, 5.41) is 11.6. The average molecular weight is 352 g/mol. The highest BCUT2D eigenvalue weighted by molar-refractivity contribution is 6.04. The molecular weight excluding hydrogens is 336 g/mol. The summed E-state index contributed by atoms with van der Waals surface area (Å²) in [5.41, 5.74) is 0.645. The fourth-order valence-corrected chi connectivity index (χ4v) is 2.15. The molecule has 7 nitrogen and oxygen atoms in total. The van der Waals surface area contributed by atoms with Gasteiger partial charge in [0.25, 0.3) is 5.91 Å². The van der Waals surface area contributed by atoms with E-state index in [0.717, 1.165) is 0 Å². The number of nitrogens with one attached hydrogen (secondary N) is 1. The second-order valence-electron chi connectivity index (χ2n) is 5.23. The molecule has 2 aromatic carbocycles. The van der Waals surface area contributed by atoms with Gasteiger partial charge in [-0.05, 0) is 31.2 Å². The average Bonchev–Trinajstić information content (AvgIpc) is 2.67. The van der Waals surface area contributed by atoms with Gasteiger partial charge in [0.05, 0.1) is 29.5 Å². The lowest BCUT2D eigenvalue weighted by Crippen LogP contribution is -2.30. The first-order valence-corrected chi connectivity index (χ1v) is 7.66. The second kappa shape index (κ2) is 8.44. The molecule has 0 aliphatic heterocycles. The molecular formula is C19H16N2O5. The Balaban J connectivity index is 2.11. The summed E-state index contributed by atoms with van der Waals surface area (Å²) in [7, 11) is 1.20. The molecule has 0 aliphatic carbocycles. The van der Waals surface area contributed by atoms with Crippen molar-refractivity contribution in [2.75, 3.05) is 12.4 Å². The molecule has 132 valence electrons. The Morgan fingerprint density at radius 1 is 1.00 bits per heavy atom. The third-order valence-corrected chi connectivity index (χ3v) is 3.51. The van der Waals surface area contributed by atoms with Crippen molar-refractivity contribution >= 4 is 23.5 Å². The summed E-state index contributed by atoms with van der Waals surface area (Å²) in [5.74, 6) is -2.11. The Kier molecular flexibility index (Phi) is 6.06. The number of nitrogens with zero attached hydrogens (tertiary/aromatic N) is 1. The highest BCUT2D eigenvalue weighted by Gasteiger charge is 2.23. The minimum atomic E-state index is -1.14. The standard InChI is InChI=1S/C19H16N2O5/c1-12(17(22)21-16-10-6-3-7-13(16)11-20)26-19(24)15-9-5-4-8-14(15)18(23)25-2/h3-10,12H,1-2H3,(H,21,22). The molecule has 0 saturated heterocycles. The van der Waals surface area contributed by atoms with Crippen LogP contribution < -0.4 is 5.32 Å². The van der Waals surface area contributed by atoms with Crippen molar-refractivity contribution in [3.8, 4) is 6.07 Å². The Bertz CT molecular complexity index is 885. The van der Waals surface area contributed by atoms with E-state index < -0.39 is 23.9 Å². The molecule has 0 saturated carbocycles. The van der Waals surface area contributed by atoms with E-state index in [1.54, 1.807) is 36.4 Å². The van der Waals surface area contributed by atoms with Crippen molar-refractivity contribution in [2.24, 2.45) is 0 Å². The van der Waals surface area contributed by atoms with E-state index >= 15 is 0 Å². The molecule has 0 aliphatic rings. The van der Waals surface area contributed by atoms with Crippen molar-refractivity contribution < 1.29 is 23.9 Å². The van der Waals surface area contributed by atoms with Gasteiger partial charge < -0.3 is 14.8 Å². The number of carbonyl (C=O) groups is 3. The summed E-state index contributed by atoms with van der Waals surface area (Å²) >= 11 is 0. The van der Waals surface area contributed by atoms with Gasteiger partial charge in [-0.3, -0.25) is 4.79 Å². The number of ether oxygens (including phenoxy) is 2. The molecule has 0 fully saturated rings. The van der Waals surface area contributed by atoms with Crippen LogP contribution in [-0.4, -0.2) is 31.1 Å². The van der Waals surface area contributed by atoms with Gasteiger partial charge in [0.15, 0.2) is 6.10 Å². The molecule has 2 aromatic rings. The van der Waals surface area contributed by atoms with Gasteiger partial charge in [0.2, 0.25) is 0 Å². The minimum Gasteiger partial charge on any atom is -0.465 e. The number of nitriles is 1. The second-order valence-corrected chi connectivity index (χ2v) is 5.23. The number of para-hydroxylation sites is 1. The van der Waals surface area contributed by atoms with Crippen LogP contribution in [-0.2, 0) is 14.3 Å². The zero-order valence-corrected chi connectivity index (χ0v) is 14.2. The summed E-state index contributed by atoms with van der Waals surface area (Å²) in [6.45, 7) is 1.39. The van der Waals surface area contributed by atoms with Crippen molar-refractivity contribution in [1.29, 1.82) is 5.26 Å². The molecule has 2 rings (SSSR count). The number of hydrogen-bond donors (Lipinski definition) is 1. The number of amides is 1. The van der Waals surface area contributed by atoms with Crippen LogP contribution in [0.5, 0.6) is 0 Å². The monoisotopic (exact) mass is 352 g/mol. The molecule has 1 amide bonds. The van der Waals surface area contributed by atoms with Crippen LogP contribution in [0.2, 0.25) is 0 Å². The molecule has 1 unspecified atom stereocenters. The van der Waals surface area contributed by atoms with Gasteiger partial charge in [0, 0.05) is 0 Å². The van der Waals surface area contributed by atoms with Crippen LogP contribution in [0.25, 0.3) is 0 Å². The van der Waals surface area contributed by atoms with E-state index in [9.17, 15) is 14.4 Å². The van der Waals surface area contributed by atoms with E-state index in [1.165, 1.54) is 26.2 Å². The third kappa shape index (κ3) is 4.24. The fourth-order valence-electron chi connectivity index (χ4n) is 2.15. The molecule has 0 heterocycles. The minimum absolute atomic E-state index is 0.00331. The number of esters is 2. The smallest absolute Gasteiger partial charge is 0.339 e.